The van der Waals surface area contributed by atoms with Crippen molar-refractivity contribution < 1.29 is 14.3 Å². The summed E-state index contributed by atoms with van der Waals surface area (Å²) in [6, 6.07) is 9.01. The number of nitrogens with zero attached hydrogens (tertiary/aromatic N) is 4. The number of allylic oxidation sites excluding steroid dienone is 1. The van der Waals surface area contributed by atoms with Gasteiger partial charge in [0.25, 0.3) is 0 Å². The highest BCUT2D eigenvalue weighted by Gasteiger charge is 2.33. The molecular formula is C20H17N5O3. The summed E-state index contributed by atoms with van der Waals surface area (Å²) in [6.07, 6.45) is 4.69. The maximum atomic E-state index is 12.7. The summed E-state index contributed by atoms with van der Waals surface area (Å²) in [6.45, 7) is 1.21. The van der Waals surface area contributed by atoms with Gasteiger partial charge >= 0.3 is 0 Å². The summed E-state index contributed by atoms with van der Waals surface area (Å²) < 4.78 is 11.0. The summed E-state index contributed by atoms with van der Waals surface area (Å²) in [5, 5.41) is 12.1. The number of hydrogen-bond donors (Lipinski definition) is 1. The lowest BCUT2D eigenvalue weighted by Crippen LogP contribution is -2.36. The molecule has 0 aliphatic carbocycles. The van der Waals surface area contributed by atoms with Crippen LogP contribution in [0, 0.1) is 11.3 Å². The number of fused-ring (bicyclic) bond motifs is 3. The first kappa shape index (κ1) is 17.5. The van der Waals surface area contributed by atoms with Crippen molar-refractivity contribution in [2.75, 3.05) is 32.1 Å². The van der Waals surface area contributed by atoms with Gasteiger partial charge in [0, 0.05) is 36.1 Å². The average molecular weight is 375 g/mol. The lowest BCUT2D eigenvalue weighted by molar-refractivity contribution is 0.104. The van der Waals surface area contributed by atoms with Crippen molar-refractivity contribution in [2.24, 2.45) is 4.99 Å². The van der Waals surface area contributed by atoms with Gasteiger partial charge in [-0.2, -0.15) is 5.26 Å². The van der Waals surface area contributed by atoms with E-state index in [0.29, 0.717) is 41.7 Å². The van der Waals surface area contributed by atoms with Crippen LogP contribution >= 0.6 is 0 Å². The Kier molecular flexibility index (Phi) is 4.64. The summed E-state index contributed by atoms with van der Waals surface area (Å²) in [7, 11) is 1.53. The second-order valence-electron chi connectivity index (χ2n) is 6.08. The zero-order valence-electron chi connectivity index (χ0n) is 15.2. The Hall–Kier alpha value is -3.86. The maximum Gasteiger partial charge on any atom is 0.191 e. The average Bonchev–Trinajstić information content (AvgIpc) is 3.23. The van der Waals surface area contributed by atoms with Crippen molar-refractivity contribution in [1.29, 1.82) is 5.26 Å². The van der Waals surface area contributed by atoms with E-state index in [-0.39, 0.29) is 12.4 Å². The molecule has 0 bridgehead atoms. The molecule has 28 heavy (non-hydrogen) atoms. The normalized spacial score (nSPS) is 15.8. The Morgan fingerprint density at radius 1 is 1.43 bits per heavy atom. The lowest BCUT2D eigenvalue weighted by atomic mass is 10.1. The minimum absolute atomic E-state index is 0.0928. The van der Waals surface area contributed by atoms with Gasteiger partial charge in [-0.15, -0.1) is 0 Å². The van der Waals surface area contributed by atoms with Gasteiger partial charge in [0.2, 0.25) is 0 Å². The smallest absolute Gasteiger partial charge is 0.191 e. The molecule has 8 heteroatoms. The number of pyridine rings is 1. The highest BCUT2D eigenvalue weighted by molar-refractivity contribution is 6.11. The van der Waals surface area contributed by atoms with Gasteiger partial charge in [-0.25, -0.2) is 0 Å². The third kappa shape index (κ3) is 3.03. The minimum Gasteiger partial charge on any atom is -0.491 e. The van der Waals surface area contributed by atoms with E-state index in [1.165, 1.54) is 19.4 Å². The summed E-state index contributed by atoms with van der Waals surface area (Å²) in [4.78, 5) is 23.2. The molecule has 0 radical (unpaired) electrons. The topological polar surface area (TPSA) is 99.8 Å². The molecule has 0 atom stereocenters. The Bertz CT molecular complexity index is 1020. The summed E-state index contributed by atoms with van der Waals surface area (Å²) in [5.41, 5.74) is 2.00. The number of aromatic nitrogens is 1. The van der Waals surface area contributed by atoms with Gasteiger partial charge in [-0.1, -0.05) is 0 Å². The number of nitriles is 1. The Morgan fingerprint density at radius 2 is 2.32 bits per heavy atom. The fourth-order valence-corrected chi connectivity index (χ4v) is 3.24. The van der Waals surface area contributed by atoms with E-state index in [2.05, 4.69) is 15.3 Å². The number of ketones is 1. The molecule has 140 valence electrons. The highest BCUT2D eigenvalue weighted by atomic mass is 16.5. The third-order valence-electron chi connectivity index (χ3n) is 4.46. The highest BCUT2D eigenvalue weighted by Crippen LogP contribution is 2.42. The molecule has 0 spiro atoms. The van der Waals surface area contributed by atoms with Crippen molar-refractivity contribution in [1.82, 2.24) is 9.88 Å². The van der Waals surface area contributed by atoms with E-state index in [4.69, 9.17) is 14.7 Å². The van der Waals surface area contributed by atoms with Crippen LogP contribution in [-0.4, -0.2) is 48.3 Å². The van der Waals surface area contributed by atoms with Crippen molar-refractivity contribution in [3.05, 3.63) is 59.7 Å². The van der Waals surface area contributed by atoms with Crippen LogP contribution < -0.4 is 14.8 Å². The number of rotatable bonds is 5. The summed E-state index contributed by atoms with van der Waals surface area (Å²) in [5.74, 6) is 2.11. The number of carbonyl (C=O) groups is 1. The second kappa shape index (κ2) is 7.40. The number of benzene rings is 1. The molecule has 1 aromatic carbocycles. The number of ether oxygens (including phenoxy) is 2. The number of amidine groups is 1. The van der Waals surface area contributed by atoms with Gasteiger partial charge in [0.05, 0.1) is 19.3 Å². The van der Waals surface area contributed by atoms with Crippen LogP contribution in [0.2, 0.25) is 0 Å². The van der Waals surface area contributed by atoms with Gasteiger partial charge < -0.3 is 19.7 Å². The predicted octanol–water partition coefficient (Wildman–Crippen LogP) is 2.20. The third-order valence-corrected chi connectivity index (χ3v) is 4.46. The molecular weight excluding hydrogens is 358 g/mol. The van der Waals surface area contributed by atoms with Crippen molar-refractivity contribution in [3.63, 3.8) is 0 Å². The van der Waals surface area contributed by atoms with E-state index in [9.17, 15) is 4.79 Å². The zero-order chi connectivity index (χ0) is 19.5. The van der Waals surface area contributed by atoms with Crippen molar-refractivity contribution >= 4 is 17.3 Å². The van der Waals surface area contributed by atoms with Crippen molar-refractivity contribution in [2.45, 2.75) is 0 Å². The zero-order valence-corrected chi connectivity index (χ0v) is 15.2. The standard InChI is InChI=1S/C20H17N5O3/c1-27-19-16(28-10-6-21)5-4-14-18(19)24-17(25-9-8-23-20(14)25)11-15(26)13-3-2-7-22-12-13/h2-5,7,11-12,24H,8-10H2,1H3. The molecule has 4 rings (SSSR count). The number of aliphatic imine (C=N–C) groups is 1. The van der Waals surface area contributed by atoms with Crippen molar-refractivity contribution in [3.8, 4) is 17.6 Å². The van der Waals surface area contributed by atoms with Crippen LogP contribution in [-0.2, 0) is 0 Å². The van der Waals surface area contributed by atoms with Gasteiger partial charge in [-0.3, -0.25) is 14.8 Å². The monoisotopic (exact) mass is 375 g/mol. The minimum atomic E-state index is -0.166. The molecule has 1 aromatic heterocycles. The Balaban J connectivity index is 1.76. The molecule has 2 aromatic rings. The second-order valence-corrected chi connectivity index (χ2v) is 6.08. The quantitative estimate of drug-likeness (QED) is 0.632. The summed E-state index contributed by atoms with van der Waals surface area (Å²) >= 11 is 0. The van der Waals surface area contributed by atoms with Crippen LogP contribution in [0.15, 0.2) is 53.5 Å². The number of carbonyl (C=O) groups excluding carboxylic acids is 1. The number of nitrogens with one attached hydrogen (secondary N) is 1. The predicted molar refractivity (Wildman–Crippen MR) is 102 cm³/mol. The van der Waals surface area contributed by atoms with Crippen LogP contribution in [0.5, 0.6) is 11.5 Å². The van der Waals surface area contributed by atoms with Crippen LogP contribution in [0.4, 0.5) is 5.69 Å². The molecule has 1 N–H and O–H groups in total. The van der Waals surface area contributed by atoms with Gasteiger partial charge in [-0.05, 0) is 24.3 Å². The van der Waals surface area contributed by atoms with E-state index in [0.717, 1.165) is 11.4 Å². The molecule has 2 aliphatic heterocycles. The fourth-order valence-electron chi connectivity index (χ4n) is 3.24. The van der Waals surface area contributed by atoms with E-state index >= 15 is 0 Å². The van der Waals surface area contributed by atoms with E-state index in [1.54, 1.807) is 24.4 Å². The van der Waals surface area contributed by atoms with Crippen LogP contribution in [0.3, 0.4) is 0 Å². The number of anilines is 1. The number of hydrogen-bond acceptors (Lipinski definition) is 8. The molecule has 0 saturated heterocycles. The van der Waals surface area contributed by atoms with Gasteiger partial charge in [0.1, 0.15) is 17.7 Å². The molecule has 8 nitrogen and oxygen atoms in total. The first-order chi connectivity index (χ1) is 13.7. The van der Waals surface area contributed by atoms with E-state index in [1.807, 2.05) is 17.0 Å². The Labute approximate surface area is 161 Å². The number of methoxy groups -OCH3 is 1. The van der Waals surface area contributed by atoms with Crippen LogP contribution in [0.1, 0.15) is 15.9 Å². The fraction of sp³-hybridized carbons (Fsp3) is 0.200. The van der Waals surface area contributed by atoms with Gasteiger partial charge in [0.15, 0.2) is 23.9 Å². The molecule has 0 unspecified atom stereocenters. The maximum absolute atomic E-state index is 12.7. The molecule has 2 aliphatic rings. The lowest BCUT2D eigenvalue weighted by Gasteiger charge is -2.32. The van der Waals surface area contributed by atoms with Crippen LogP contribution in [0.25, 0.3) is 0 Å². The first-order valence-electron chi connectivity index (χ1n) is 8.69. The molecule has 0 saturated carbocycles. The Morgan fingerprint density at radius 3 is 3.07 bits per heavy atom. The molecule has 0 amide bonds. The largest absolute Gasteiger partial charge is 0.491 e. The molecule has 0 fully saturated rings. The van der Waals surface area contributed by atoms with E-state index < -0.39 is 0 Å². The molecule has 3 heterocycles. The SMILES string of the molecule is COc1c(OCC#N)ccc2c1NC(=CC(=O)c1cccnc1)N1CCN=C21. The first-order valence-corrected chi connectivity index (χ1v) is 8.69.